The molecule has 0 aliphatic carbocycles. The van der Waals surface area contributed by atoms with Crippen LogP contribution in [0.5, 0.6) is 0 Å². The van der Waals surface area contributed by atoms with Crippen molar-refractivity contribution in [3.8, 4) is 0 Å². The first-order valence-corrected chi connectivity index (χ1v) is 36.8. The van der Waals surface area contributed by atoms with E-state index in [1.165, 1.54) is 13.8 Å². The lowest BCUT2D eigenvalue weighted by Crippen LogP contribution is -2.64. The summed E-state index contributed by atoms with van der Waals surface area (Å²) >= 11 is 0. The number of H-pyrrole nitrogens is 1. The summed E-state index contributed by atoms with van der Waals surface area (Å²) in [5.41, 5.74) is 12.1. The van der Waals surface area contributed by atoms with Gasteiger partial charge in [0.2, 0.25) is 88.6 Å². The highest BCUT2D eigenvalue weighted by Crippen LogP contribution is 2.22. The zero-order valence-electron chi connectivity index (χ0n) is 65.0. The zero-order chi connectivity index (χ0) is 86.8. The second-order valence-electron chi connectivity index (χ2n) is 28.1. The molecule has 2 heterocycles. The number of aliphatic carboxylic acids is 4. The number of aliphatic hydroxyl groups excluding tert-OH is 2. The molecule has 0 spiro atoms. The molecule has 0 radical (unpaired) electrons. The number of amides is 15. The van der Waals surface area contributed by atoms with Crippen molar-refractivity contribution in [3.05, 3.63) is 36.0 Å². The number of likely N-dealkylation sites (N-methyl/N-ethyl adjacent to an activating group) is 1. The number of carbonyl (C=O) groups is 20. The molecule has 16 atom stereocenters. The smallest absolute Gasteiger partial charge is 0.335 e. The maximum Gasteiger partial charge on any atom is 0.335 e. The Kier molecular flexibility index (Phi) is 40.2. The highest BCUT2D eigenvalue weighted by atomic mass is 16.5. The predicted octanol–water partition coefficient (Wildman–Crippen LogP) is -6.72. The van der Waals surface area contributed by atoms with Crippen molar-refractivity contribution in [2.24, 2.45) is 29.2 Å². The van der Waals surface area contributed by atoms with E-state index in [1.54, 1.807) is 30.5 Å². The summed E-state index contributed by atoms with van der Waals surface area (Å²) in [5, 5.41) is 87.4. The number of carboxylic acids is 4. The molecule has 44 heteroatoms. The number of esters is 1. The van der Waals surface area contributed by atoms with Crippen molar-refractivity contribution in [1.29, 1.82) is 0 Å². The Morgan fingerprint density at radius 2 is 1.22 bits per heavy atom. The summed E-state index contributed by atoms with van der Waals surface area (Å²) in [7, 11) is 1.63. The standard InChI is InChI=1S/C71H106N16O28/c1-10-33(4)53-71(113)115-36(7)54(84-68(109)55(57(99)59(73)100)85-61(102)40(22-23-49(93)94)79-62(103)41(25-37-28-74-39-20-17-16-19-38(37)39)77-46(90)21-15-13-11-12-14-18-32(2)3)69(110)87(8)30-48(92)76-35(6)60(101)80-43(27-51(97)98)63(104)81-44(31-88)65(106)86-56(58(114-9)70(111)112)66(107)75-29-47(91)78-42(26-45(72)89)64(105)82-52(67(108)83-53)34(5)24-50(95)96/h16-17,19-20,28,32-36,40-44,52-58,74,88,99H,10-15,18,21-27,29-31H2,1-9H3,(H2,72,89)(H2,73,100)(H,75,107)(H,76,92)(H,77,90)(H,78,91)(H,79,103)(H,80,101)(H,81,104)(H,82,105)(H,83,108)(H,84,109)(H,85,102)(H,86,106)(H,93,94)(H,95,96)(H,97,98)(H,111,112)/t33-,34+,35-,36-,40+,41-,42+,43-,44+,52-,53-,54-,55-,56+,57-,58-/m0/s1. The minimum absolute atomic E-state index is 0.0294. The Balaban J connectivity index is 2.27. The van der Waals surface area contributed by atoms with Crippen LogP contribution in [0.15, 0.2) is 30.5 Å². The van der Waals surface area contributed by atoms with E-state index in [9.17, 15) is 127 Å². The minimum atomic E-state index is -2.81. The number of unbranched alkanes of at least 4 members (excludes halogenated alkanes) is 4. The van der Waals surface area contributed by atoms with Crippen molar-refractivity contribution in [3.63, 3.8) is 0 Å². The molecule has 1 aromatic heterocycles. The number of hydrogen-bond acceptors (Lipinski definition) is 24. The number of aromatic nitrogens is 1. The normalized spacial score (nSPS) is 22.2. The van der Waals surface area contributed by atoms with Crippen LogP contribution in [0.4, 0.5) is 0 Å². The molecule has 0 unspecified atom stereocenters. The van der Waals surface area contributed by atoms with Gasteiger partial charge in [0.15, 0.2) is 12.2 Å². The zero-order valence-corrected chi connectivity index (χ0v) is 65.0. The lowest BCUT2D eigenvalue weighted by atomic mass is 9.94. The van der Waals surface area contributed by atoms with E-state index < -0.39 is 267 Å². The van der Waals surface area contributed by atoms with Crippen molar-refractivity contribution in [2.45, 2.75) is 223 Å². The van der Waals surface area contributed by atoms with E-state index in [4.69, 9.17) is 20.9 Å². The topological polar surface area (TPSA) is 697 Å². The minimum Gasteiger partial charge on any atom is -0.481 e. The van der Waals surface area contributed by atoms with Gasteiger partial charge in [-0.25, -0.2) is 9.59 Å². The van der Waals surface area contributed by atoms with Crippen LogP contribution in [0.3, 0.4) is 0 Å². The van der Waals surface area contributed by atoms with Gasteiger partial charge in [0.25, 0.3) is 0 Å². The largest absolute Gasteiger partial charge is 0.481 e. The van der Waals surface area contributed by atoms with E-state index in [-0.39, 0.29) is 19.3 Å². The number of cyclic esters (lactones) is 1. The van der Waals surface area contributed by atoms with Crippen molar-refractivity contribution in [1.82, 2.24) is 73.7 Å². The van der Waals surface area contributed by atoms with Crippen LogP contribution >= 0.6 is 0 Å². The predicted molar refractivity (Wildman–Crippen MR) is 397 cm³/mol. The summed E-state index contributed by atoms with van der Waals surface area (Å²) in [6.45, 7) is 6.25. The molecule has 115 heavy (non-hydrogen) atoms. The number of nitrogens with two attached hydrogens (primary N) is 2. The average Bonchev–Trinajstić information content (AvgIpc) is 1.77. The van der Waals surface area contributed by atoms with Crippen LogP contribution in [0.1, 0.15) is 138 Å². The number of para-hydroxylation sites is 1. The number of aromatic amines is 1. The Hall–Kier alpha value is -12.0. The number of benzene rings is 1. The Morgan fingerprint density at radius 3 is 1.81 bits per heavy atom. The lowest BCUT2D eigenvalue weighted by Gasteiger charge is -2.33. The molecule has 2 aromatic rings. The molecule has 1 aliphatic rings. The summed E-state index contributed by atoms with van der Waals surface area (Å²) < 4.78 is 10.6. The summed E-state index contributed by atoms with van der Waals surface area (Å²) in [4.78, 5) is 276. The van der Waals surface area contributed by atoms with Crippen LogP contribution in [0.25, 0.3) is 10.9 Å². The molecule has 1 aromatic carbocycles. The first-order valence-electron chi connectivity index (χ1n) is 36.8. The van der Waals surface area contributed by atoms with E-state index >= 15 is 0 Å². The Morgan fingerprint density at radius 1 is 0.626 bits per heavy atom. The number of hydrogen-bond donors (Lipinski definition) is 21. The van der Waals surface area contributed by atoms with Crippen molar-refractivity contribution >= 4 is 129 Å². The van der Waals surface area contributed by atoms with Crippen LogP contribution in [0, 0.1) is 17.8 Å². The number of rotatable bonds is 35. The van der Waals surface area contributed by atoms with E-state index in [0.29, 0.717) is 40.1 Å². The number of primary amides is 2. The van der Waals surface area contributed by atoms with Gasteiger partial charge in [-0.1, -0.05) is 91.3 Å². The quantitative estimate of drug-likeness (QED) is 0.0225. The fourth-order valence-electron chi connectivity index (χ4n) is 11.7. The maximum atomic E-state index is 15.0. The maximum absolute atomic E-state index is 15.0. The average molecular weight is 1630 g/mol. The van der Waals surface area contributed by atoms with Gasteiger partial charge in [-0.3, -0.25) is 86.3 Å². The SMILES string of the molecule is CC[C@H](C)[C@@H]1NC(=O)[C@H]([C@H](C)CC(=O)O)NC(=O)[C@@H](CC(N)=O)NC(=O)CNC(=O)[C@@H]([C@H](OC)C(=O)O)NC(=O)[C@@H](CO)NC(=O)[C@H](CC(=O)O)NC(=O)[C@H](C)NC(=O)CN(C)C(=O)[C@@H](NC(=O)[C@@H](NC(=O)[C@@H](CCC(=O)O)NC(=O)[C@H](Cc2c[nH]c3ccccc23)NC(=O)CCCCCCCC(C)C)[C@H](O)C(N)=O)[C@H](C)OC1=O. The number of nitrogens with zero attached hydrogens (tertiary/aromatic N) is 1. The number of ether oxygens (including phenoxy) is 2. The third kappa shape index (κ3) is 32.2. The molecule has 0 saturated carbocycles. The van der Waals surface area contributed by atoms with Gasteiger partial charge >= 0.3 is 29.8 Å². The lowest BCUT2D eigenvalue weighted by molar-refractivity contribution is -0.159. The molecule has 638 valence electrons. The van der Waals surface area contributed by atoms with E-state index in [2.05, 4.69) is 50.7 Å². The molecule has 1 aliphatic heterocycles. The third-order valence-electron chi connectivity index (χ3n) is 18.4. The summed E-state index contributed by atoms with van der Waals surface area (Å²) in [6.07, 6.45) is -6.11. The number of carboxylic acid groups (broad SMARTS) is 4. The van der Waals surface area contributed by atoms with Crippen LogP contribution < -0.4 is 75.3 Å². The van der Waals surface area contributed by atoms with Gasteiger partial charge in [0, 0.05) is 50.5 Å². The number of aliphatic hydroxyl groups is 2. The highest BCUT2D eigenvalue weighted by molar-refractivity contribution is 6.03. The molecular formula is C71H106N16O28. The number of carbonyl (C=O) groups excluding carboxylic acids is 16. The molecule has 1 saturated heterocycles. The van der Waals surface area contributed by atoms with Gasteiger partial charge in [-0.05, 0) is 56.1 Å². The summed E-state index contributed by atoms with van der Waals surface area (Å²) in [5.74, 6) is -31.4. The van der Waals surface area contributed by atoms with Crippen LogP contribution in [0.2, 0.25) is 0 Å². The van der Waals surface area contributed by atoms with E-state index in [0.717, 1.165) is 60.6 Å². The first kappa shape index (κ1) is 97.2. The number of nitrogens with one attached hydrogen (secondary N) is 13. The molecule has 15 amide bonds. The third-order valence-corrected chi connectivity index (χ3v) is 18.4. The van der Waals surface area contributed by atoms with Crippen LogP contribution in [-0.2, 0) is 112 Å². The molecular weight excluding hydrogens is 1520 g/mol. The first-order chi connectivity index (χ1) is 53.9. The van der Waals surface area contributed by atoms with Crippen molar-refractivity contribution in [2.75, 3.05) is 33.9 Å². The van der Waals surface area contributed by atoms with Gasteiger partial charge in [-0.2, -0.15) is 0 Å². The van der Waals surface area contributed by atoms with Gasteiger partial charge in [0.05, 0.1) is 39.0 Å². The molecule has 3 rings (SSSR count). The molecule has 1 fully saturated rings. The monoisotopic (exact) mass is 1630 g/mol. The highest BCUT2D eigenvalue weighted by Gasteiger charge is 2.44. The molecule has 0 bridgehead atoms. The fraction of sp³-hybridized carbons (Fsp3) is 0.606. The van der Waals surface area contributed by atoms with Crippen molar-refractivity contribution < 1.29 is 136 Å². The molecule has 23 N–H and O–H groups in total. The van der Waals surface area contributed by atoms with Crippen LogP contribution in [-0.4, -0.2) is 278 Å². The second kappa shape index (κ2) is 47.5. The summed E-state index contributed by atoms with van der Waals surface area (Å²) in [6, 6.07) is -16.4. The van der Waals surface area contributed by atoms with E-state index in [1.807, 2.05) is 31.9 Å². The Bertz CT molecular complexity index is 3850. The second-order valence-corrected chi connectivity index (χ2v) is 28.1. The number of fused-ring (bicyclic) bond motifs is 1. The van der Waals surface area contributed by atoms with Gasteiger partial charge in [-0.15, -0.1) is 0 Å². The fourth-order valence-corrected chi connectivity index (χ4v) is 11.7. The molecule has 44 nitrogen and oxygen atoms in total. The van der Waals surface area contributed by atoms with Gasteiger partial charge in [0.1, 0.15) is 72.6 Å². The van der Waals surface area contributed by atoms with Gasteiger partial charge < -0.3 is 125 Å². The number of methoxy groups -OCH3 is 1. The Labute approximate surface area is 659 Å².